The average molecular weight is 1240 g/mol. The predicted molar refractivity (Wildman–Crippen MR) is 346 cm³/mol. The lowest BCUT2D eigenvalue weighted by Crippen LogP contribution is -2.52. The van der Waals surface area contributed by atoms with Crippen LogP contribution < -0.4 is 21.7 Å². The van der Waals surface area contributed by atoms with Crippen LogP contribution in [0.3, 0.4) is 0 Å². The molecule has 2 aliphatic rings. The van der Waals surface area contributed by atoms with E-state index >= 15 is 0 Å². The molecule has 0 atom stereocenters. The van der Waals surface area contributed by atoms with E-state index in [4.69, 9.17) is 49.5 Å². The first-order valence-electron chi connectivity index (χ1n) is 23.2. The van der Waals surface area contributed by atoms with E-state index in [1.165, 1.54) is 34.0 Å². The standard InChI is InChI=1S/C12H18BrN3OS.C8H4.C7H7BrOS.C6H15N3.C5H3BrO2S.4C2H6.3CH4.B8/c13-12-2-1-11(18-12)10(17)9-15-5-8-16-6-3-14-4-7-16;1-3-5-7-8-6-4-2;1-2-5(9)6-3-4-7(8)10-6;7-1-4-9-5-2-8-3-6-9;6-4-2-1-3(9-4)5(7)8;4*1-2;;;;1-6(2)8(5)7(3)4/h1-2,14-15H,3-9H2;1-2H2;3-4H,2H2,1H3;8H,1-7H2;1-2H,(H,7,8);4*1-2H3;3*1H4;. The fraction of sp³-hybridized carbons (Fsp3) is 0.531. The van der Waals surface area contributed by atoms with Crippen LogP contribution in [-0.4, -0.2) is 175 Å². The number of hydrogen-bond acceptors (Lipinski definition) is 12. The summed E-state index contributed by atoms with van der Waals surface area (Å²) >= 11 is 14.0. The van der Waals surface area contributed by atoms with Gasteiger partial charge in [0.05, 0.1) is 27.7 Å². The quantitative estimate of drug-likeness (QED) is 0.0487. The molecular weight excluding hydrogens is 1160 g/mol. The number of aromatic carboxylic acids is 1. The van der Waals surface area contributed by atoms with Crippen molar-refractivity contribution in [2.45, 2.75) is 91.0 Å². The molecule has 2 saturated heterocycles. The fourth-order valence-corrected chi connectivity index (χ4v) is 8.46. The summed E-state index contributed by atoms with van der Waals surface area (Å²) in [5.41, 5.74) is 19.9. The number of rotatable bonds is 13. The number of nitrogens with one attached hydrogen (secondary N) is 3. The highest BCUT2D eigenvalue weighted by molar-refractivity contribution is 9.11. The van der Waals surface area contributed by atoms with Gasteiger partial charge in [-0.05, 0) is 120 Å². The van der Waals surface area contributed by atoms with Gasteiger partial charge in [-0.15, -0.1) is 34.0 Å². The Morgan fingerprint density at radius 2 is 0.986 bits per heavy atom. The Morgan fingerprint density at radius 3 is 1.25 bits per heavy atom. The number of nitrogens with two attached hydrogens (primary N) is 1. The Hall–Kier alpha value is -1.95. The smallest absolute Gasteiger partial charge is 0.345 e. The Balaban J connectivity index is -0.000000115. The van der Waals surface area contributed by atoms with Gasteiger partial charge in [0.1, 0.15) is 4.88 Å². The molecule has 0 aromatic carbocycles. The Morgan fingerprint density at radius 1 is 0.644 bits per heavy atom. The number of carbonyl (C=O) groups is 3. The molecular formula is C49H83B8Br3N6O4S3. The van der Waals surface area contributed by atoms with E-state index in [-0.39, 0.29) is 33.8 Å². The number of carbonyl (C=O) groups excluding carboxylic acids is 2. The summed E-state index contributed by atoms with van der Waals surface area (Å²) in [6.07, 6.45) is -1.19. The van der Waals surface area contributed by atoms with Crippen molar-refractivity contribution in [2.24, 2.45) is 5.73 Å². The van der Waals surface area contributed by atoms with Crippen molar-refractivity contribution < 1.29 is 19.5 Å². The van der Waals surface area contributed by atoms with Gasteiger partial charge >= 0.3 is 5.97 Å². The van der Waals surface area contributed by atoms with Crippen LogP contribution >= 0.6 is 81.8 Å². The molecule has 0 amide bonds. The molecule has 6 N–H and O–H groups in total. The molecule has 24 heteroatoms. The number of nitrogens with zero attached hydrogens (tertiary/aromatic N) is 2. The van der Waals surface area contributed by atoms with Crippen molar-refractivity contribution in [2.75, 3.05) is 85.1 Å². The highest BCUT2D eigenvalue weighted by atomic mass is 79.9. The van der Waals surface area contributed by atoms with Crippen LogP contribution in [0.1, 0.15) is 120 Å². The number of thiophene rings is 3. The first-order chi connectivity index (χ1) is 33.6. The maximum atomic E-state index is 11.8. The second kappa shape index (κ2) is 64.3. The maximum absolute atomic E-state index is 11.8. The Kier molecular flexibility index (Phi) is 77.3. The molecule has 10 nitrogen and oxygen atoms in total. The number of carboxylic acid groups (broad SMARTS) is 1. The van der Waals surface area contributed by atoms with Crippen LogP contribution in [0.2, 0.25) is 0 Å². The van der Waals surface area contributed by atoms with Gasteiger partial charge in [0.15, 0.2) is 11.6 Å². The lowest BCUT2D eigenvalue weighted by molar-refractivity contribution is 0.0701. The van der Waals surface area contributed by atoms with Gasteiger partial charge in [-0.3, -0.25) is 19.4 Å². The van der Waals surface area contributed by atoms with Crippen LogP contribution in [-0.2, 0) is 0 Å². The molecule has 0 spiro atoms. The summed E-state index contributed by atoms with van der Waals surface area (Å²) in [6, 6.07) is 10.8. The molecule has 0 aliphatic carbocycles. The van der Waals surface area contributed by atoms with Crippen molar-refractivity contribution in [3.8, 4) is 0 Å². The molecule has 0 bridgehead atoms. The van der Waals surface area contributed by atoms with E-state index < -0.39 is 25.1 Å². The van der Waals surface area contributed by atoms with Gasteiger partial charge in [0, 0.05) is 143 Å². The van der Waals surface area contributed by atoms with E-state index in [9.17, 15) is 14.4 Å². The summed E-state index contributed by atoms with van der Waals surface area (Å²) in [5.74, 6) is -0.479. The van der Waals surface area contributed by atoms with Gasteiger partial charge in [-0.2, -0.15) is 0 Å². The van der Waals surface area contributed by atoms with Crippen LogP contribution in [0.5, 0.6) is 0 Å². The normalized spacial score (nSPS) is 11.0. The monoisotopic (exact) mass is 1240 g/mol. The van der Waals surface area contributed by atoms with Crippen molar-refractivity contribution in [3.63, 3.8) is 0 Å². The first kappa shape index (κ1) is 87.7. The van der Waals surface area contributed by atoms with Gasteiger partial charge in [-0.1, -0.05) is 96.1 Å². The number of halogens is 3. The van der Waals surface area contributed by atoms with Gasteiger partial charge in [0.2, 0.25) is 0 Å². The Labute approximate surface area is 490 Å². The van der Waals surface area contributed by atoms with E-state index in [1.807, 2.05) is 86.6 Å². The molecule has 3 aromatic rings. The molecule has 3 aromatic heterocycles. The zero-order valence-corrected chi connectivity index (χ0v) is 50.1. The zero-order chi connectivity index (χ0) is 54.7. The fourth-order valence-electron chi connectivity index (χ4n) is 4.52. The van der Waals surface area contributed by atoms with E-state index in [1.54, 1.807) is 12.1 Å². The largest absolute Gasteiger partial charge is 0.477 e. The molecule has 0 saturated carbocycles. The average Bonchev–Trinajstić information content (AvgIpc) is 4.16. The topological polar surface area (TPSA) is 140 Å². The van der Waals surface area contributed by atoms with Crippen molar-refractivity contribution in [3.05, 3.63) is 110 Å². The lowest BCUT2D eigenvalue weighted by Gasteiger charge is -2.27. The van der Waals surface area contributed by atoms with Crippen molar-refractivity contribution in [1.29, 1.82) is 0 Å². The SMILES string of the molecule is C.C.C.C=C=C=C=C=C=C=C.CC.CC.CC.CC.CCC(=O)c1ccc(Br)s1.NCCN1CCNCC1.O=C(CNCCN1CCNCC1)c1ccc(Br)s1.O=C(O)c1ccc(Br)s1.[B]B([B])B([B])B([B])[B]. The Bertz CT molecular complexity index is 1930. The van der Waals surface area contributed by atoms with E-state index in [0.717, 1.165) is 99.7 Å². The number of carboxylic acids is 1. The summed E-state index contributed by atoms with van der Waals surface area (Å²) < 4.78 is 2.87. The molecule has 73 heavy (non-hydrogen) atoms. The number of ketones is 2. The van der Waals surface area contributed by atoms with E-state index in [2.05, 4.69) is 121 Å². The molecule has 10 radical (unpaired) electrons. The minimum Gasteiger partial charge on any atom is -0.477 e. The lowest BCUT2D eigenvalue weighted by atomic mass is 8.68. The molecule has 2 aliphatic heterocycles. The highest BCUT2D eigenvalue weighted by Gasteiger charge is 2.15. The third-order valence-corrected chi connectivity index (χ3v) is 12.8. The zero-order valence-electron chi connectivity index (χ0n) is 42.9. The second-order valence-corrected chi connectivity index (χ2v) is 19.9. The highest BCUT2D eigenvalue weighted by Crippen LogP contribution is 2.23. The number of Topliss-reactive ketones (excluding diaryl/α,β-unsaturated/α-hetero) is 2. The van der Waals surface area contributed by atoms with Gasteiger partial charge < -0.3 is 26.8 Å². The van der Waals surface area contributed by atoms with Crippen LogP contribution in [0.15, 0.2) is 95.3 Å². The summed E-state index contributed by atoms with van der Waals surface area (Å²) in [6.45, 7) is 37.5. The van der Waals surface area contributed by atoms with Crippen molar-refractivity contribution in [1.82, 2.24) is 25.8 Å². The molecule has 396 valence electrons. The van der Waals surface area contributed by atoms with Crippen LogP contribution in [0.4, 0.5) is 0 Å². The summed E-state index contributed by atoms with van der Waals surface area (Å²) in [5, 5.41) is 18.2. The van der Waals surface area contributed by atoms with E-state index in [0.29, 0.717) is 17.8 Å². The third kappa shape index (κ3) is 53.2. The van der Waals surface area contributed by atoms with Crippen molar-refractivity contribution >= 4 is 157 Å². The minimum atomic E-state index is -0.870. The molecule has 0 unspecified atom stereocenters. The van der Waals surface area contributed by atoms with Crippen LogP contribution in [0, 0.1) is 0 Å². The van der Waals surface area contributed by atoms with Gasteiger partial charge in [-0.25, -0.2) is 4.79 Å². The maximum Gasteiger partial charge on any atom is 0.345 e. The summed E-state index contributed by atoms with van der Waals surface area (Å²) in [4.78, 5) is 39.9. The minimum absolute atomic E-state index is 0. The van der Waals surface area contributed by atoms with Gasteiger partial charge in [0.25, 0.3) is 0 Å². The summed E-state index contributed by atoms with van der Waals surface area (Å²) in [7, 11) is 25.8. The molecule has 5 heterocycles. The molecule has 5 rings (SSSR count). The van der Waals surface area contributed by atoms with Crippen LogP contribution in [0.25, 0.3) is 0 Å². The predicted octanol–water partition coefficient (Wildman–Crippen LogP) is 10.0. The number of hydrogen-bond donors (Lipinski definition) is 5. The molecule has 2 fully saturated rings. The number of piperazine rings is 2. The third-order valence-electron chi connectivity index (χ3n) is 7.81. The first-order valence-corrected chi connectivity index (χ1v) is 28.1. The second-order valence-electron chi connectivity index (χ2n) is 12.6.